The van der Waals surface area contributed by atoms with Crippen LogP contribution in [-0.2, 0) is 0 Å². The molecule has 2 aromatic rings. The lowest BCUT2D eigenvalue weighted by Gasteiger charge is -2.22. The molecule has 0 aromatic carbocycles. The molecule has 0 bridgehead atoms. The van der Waals surface area contributed by atoms with Crippen molar-refractivity contribution in [2.24, 2.45) is 11.7 Å². The molecule has 19 heavy (non-hydrogen) atoms. The molecule has 1 atom stereocenters. The van der Waals surface area contributed by atoms with Gasteiger partial charge < -0.3 is 10.6 Å². The standard InChI is InChI=1S/C14H22N4S/c1-9(2)12(15)5-6-18(4)13-11-7-10(3)19-14(11)17-8-16-13/h7-9,12H,5-6,15H2,1-4H3. The van der Waals surface area contributed by atoms with E-state index in [0.29, 0.717) is 5.92 Å². The van der Waals surface area contributed by atoms with Gasteiger partial charge >= 0.3 is 0 Å². The Labute approximate surface area is 118 Å². The summed E-state index contributed by atoms with van der Waals surface area (Å²) in [6.07, 6.45) is 2.62. The first-order chi connectivity index (χ1) is 8.99. The quantitative estimate of drug-likeness (QED) is 0.913. The fourth-order valence-electron chi connectivity index (χ4n) is 2.05. The van der Waals surface area contributed by atoms with Crippen molar-refractivity contribution in [3.05, 3.63) is 17.3 Å². The molecular formula is C14H22N4S. The highest BCUT2D eigenvalue weighted by Gasteiger charge is 2.13. The summed E-state index contributed by atoms with van der Waals surface area (Å²) in [5.41, 5.74) is 6.10. The fraction of sp³-hybridized carbons (Fsp3) is 0.571. The van der Waals surface area contributed by atoms with Crippen molar-refractivity contribution in [2.45, 2.75) is 33.2 Å². The van der Waals surface area contributed by atoms with Gasteiger partial charge in [0.15, 0.2) is 0 Å². The van der Waals surface area contributed by atoms with Crippen molar-refractivity contribution < 1.29 is 0 Å². The Balaban J connectivity index is 2.15. The largest absolute Gasteiger partial charge is 0.359 e. The summed E-state index contributed by atoms with van der Waals surface area (Å²) in [6, 6.07) is 2.40. The van der Waals surface area contributed by atoms with Gasteiger partial charge in [-0.05, 0) is 25.3 Å². The monoisotopic (exact) mass is 278 g/mol. The van der Waals surface area contributed by atoms with Crippen LogP contribution in [0.3, 0.4) is 0 Å². The molecule has 0 aliphatic carbocycles. The van der Waals surface area contributed by atoms with Gasteiger partial charge in [-0.1, -0.05) is 13.8 Å². The van der Waals surface area contributed by atoms with E-state index >= 15 is 0 Å². The van der Waals surface area contributed by atoms with Gasteiger partial charge in [0.25, 0.3) is 0 Å². The Kier molecular flexibility index (Phi) is 4.37. The highest BCUT2D eigenvalue weighted by atomic mass is 32.1. The predicted octanol–water partition coefficient (Wildman–Crippen LogP) is 2.81. The van der Waals surface area contributed by atoms with Crippen LogP contribution in [0.4, 0.5) is 5.82 Å². The molecule has 4 nitrogen and oxygen atoms in total. The first-order valence-corrected chi connectivity index (χ1v) is 7.48. The average molecular weight is 278 g/mol. The SMILES string of the molecule is Cc1cc2c(N(C)CCC(N)C(C)C)ncnc2s1. The van der Waals surface area contributed by atoms with E-state index in [9.17, 15) is 0 Å². The van der Waals surface area contributed by atoms with Crippen LogP contribution in [0.15, 0.2) is 12.4 Å². The number of nitrogens with two attached hydrogens (primary N) is 1. The Morgan fingerprint density at radius 1 is 1.37 bits per heavy atom. The number of nitrogens with zero attached hydrogens (tertiary/aromatic N) is 3. The minimum Gasteiger partial charge on any atom is -0.359 e. The normalized spacial score (nSPS) is 13.2. The molecule has 0 aliphatic rings. The summed E-state index contributed by atoms with van der Waals surface area (Å²) in [4.78, 5) is 13.3. The molecule has 104 valence electrons. The lowest BCUT2D eigenvalue weighted by Crippen LogP contribution is -2.32. The van der Waals surface area contributed by atoms with Crippen LogP contribution in [0, 0.1) is 12.8 Å². The van der Waals surface area contributed by atoms with E-state index in [1.165, 1.54) is 4.88 Å². The number of hydrogen-bond acceptors (Lipinski definition) is 5. The molecule has 0 spiro atoms. The first kappa shape index (κ1) is 14.2. The van der Waals surface area contributed by atoms with Gasteiger partial charge in [-0.3, -0.25) is 0 Å². The molecule has 2 aromatic heterocycles. The molecule has 2 heterocycles. The number of fused-ring (bicyclic) bond motifs is 1. The van der Waals surface area contributed by atoms with Crippen molar-refractivity contribution in [3.63, 3.8) is 0 Å². The van der Waals surface area contributed by atoms with Gasteiger partial charge in [-0.2, -0.15) is 0 Å². The van der Waals surface area contributed by atoms with E-state index in [4.69, 9.17) is 5.73 Å². The van der Waals surface area contributed by atoms with Gasteiger partial charge in [0.1, 0.15) is 17.0 Å². The van der Waals surface area contributed by atoms with Crippen LogP contribution in [0.5, 0.6) is 0 Å². The number of anilines is 1. The van der Waals surface area contributed by atoms with Crippen molar-refractivity contribution in [1.82, 2.24) is 9.97 Å². The summed E-state index contributed by atoms with van der Waals surface area (Å²) in [5, 5.41) is 1.14. The summed E-state index contributed by atoms with van der Waals surface area (Å²) in [7, 11) is 2.07. The Hall–Kier alpha value is -1.20. The third-order valence-electron chi connectivity index (χ3n) is 3.45. The Morgan fingerprint density at radius 2 is 2.11 bits per heavy atom. The van der Waals surface area contributed by atoms with Crippen LogP contribution < -0.4 is 10.6 Å². The molecular weight excluding hydrogens is 256 g/mol. The van der Waals surface area contributed by atoms with E-state index in [-0.39, 0.29) is 6.04 Å². The summed E-state index contributed by atoms with van der Waals surface area (Å²) in [6.45, 7) is 7.34. The van der Waals surface area contributed by atoms with Gasteiger partial charge in [0.2, 0.25) is 0 Å². The smallest absolute Gasteiger partial charge is 0.140 e. The van der Waals surface area contributed by atoms with Gasteiger partial charge in [-0.25, -0.2) is 9.97 Å². The zero-order chi connectivity index (χ0) is 14.0. The number of aromatic nitrogens is 2. The minimum absolute atomic E-state index is 0.240. The summed E-state index contributed by atoms with van der Waals surface area (Å²) >= 11 is 1.71. The van der Waals surface area contributed by atoms with Gasteiger partial charge in [0.05, 0.1) is 5.39 Å². The van der Waals surface area contributed by atoms with E-state index in [2.05, 4.69) is 48.8 Å². The molecule has 5 heteroatoms. The minimum atomic E-state index is 0.240. The summed E-state index contributed by atoms with van der Waals surface area (Å²) in [5.74, 6) is 1.52. The highest BCUT2D eigenvalue weighted by Crippen LogP contribution is 2.29. The number of hydrogen-bond donors (Lipinski definition) is 1. The molecule has 0 fully saturated rings. The molecule has 2 N–H and O–H groups in total. The number of aryl methyl sites for hydroxylation is 1. The van der Waals surface area contributed by atoms with Gasteiger partial charge in [-0.15, -0.1) is 11.3 Å². The molecule has 0 radical (unpaired) electrons. The fourth-order valence-corrected chi connectivity index (χ4v) is 2.89. The van der Waals surface area contributed by atoms with Crippen LogP contribution in [0.1, 0.15) is 25.1 Å². The lowest BCUT2D eigenvalue weighted by atomic mass is 10.0. The number of thiophene rings is 1. The van der Waals surface area contributed by atoms with E-state index < -0.39 is 0 Å². The molecule has 0 saturated carbocycles. The van der Waals surface area contributed by atoms with Crippen molar-refractivity contribution in [3.8, 4) is 0 Å². The van der Waals surface area contributed by atoms with Crippen molar-refractivity contribution >= 4 is 27.4 Å². The van der Waals surface area contributed by atoms with Gasteiger partial charge in [0, 0.05) is 24.5 Å². The van der Waals surface area contributed by atoms with Crippen molar-refractivity contribution in [1.29, 1.82) is 0 Å². The zero-order valence-electron chi connectivity index (χ0n) is 12.1. The van der Waals surface area contributed by atoms with E-state index in [1.54, 1.807) is 17.7 Å². The topological polar surface area (TPSA) is 55.0 Å². The van der Waals surface area contributed by atoms with Crippen LogP contribution in [0.2, 0.25) is 0 Å². The molecule has 0 aliphatic heterocycles. The second-order valence-electron chi connectivity index (χ2n) is 5.39. The lowest BCUT2D eigenvalue weighted by molar-refractivity contribution is 0.466. The van der Waals surface area contributed by atoms with Crippen molar-refractivity contribution in [2.75, 3.05) is 18.5 Å². The second kappa shape index (κ2) is 5.84. The Bertz CT molecular complexity index is 549. The maximum atomic E-state index is 6.10. The summed E-state index contributed by atoms with van der Waals surface area (Å²) < 4.78 is 0. The zero-order valence-corrected chi connectivity index (χ0v) is 12.9. The third-order valence-corrected chi connectivity index (χ3v) is 4.41. The van der Waals surface area contributed by atoms with Crippen LogP contribution in [0.25, 0.3) is 10.2 Å². The third kappa shape index (κ3) is 3.22. The van der Waals surface area contributed by atoms with E-state index in [0.717, 1.165) is 29.0 Å². The molecule has 2 rings (SSSR count). The van der Waals surface area contributed by atoms with Crippen LogP contribution >= 0.6 is 11.3 Å². The molecule has 1 unspecified atom stereocenters. The first-order valence-electron chi connectivity index (χ1n) is 6.67. The molecule has 0 saturated heterocycles. The Morgan fingerprint density at radius 3 is 2.79 bits per heavy atom. The second-order valence-corrected chi connectivity index (χ2v) is 6.63. The highest BCUT2D eigenvalue weighted by molar-refractivity contribution is 7.18. The molecule has 0 amide bonds. The maximum absolute atomic E-state index is 6.10. The maximum Gasteiger partial charge on any atom is 0.140 e. The predicted molar refractivity (Wildman–Crippen MR) is 82.9 cm³/mol. The number of rotatable bonds is 5. The van der Waals surface area contributed by atoms with E-state index in [1.807, 2.05) is 0 Å². The van der Waals surface area contributed by atoms with Crippen LogP contribution in [-0.4, -0.2) is 29.6 Å². The average Bonchev–Trinajstić information content (AvgIpc) is 2.74.